The molecule has 0 aliphatic carbocycles. The van der Waals surface area contributed by atoms with E-state index in [2.05, 4.69) is 65.1 Å². The van der Waals surface area contributed by atoms with Crippen molar-refractivity contribution in [1.29, 1.82) is 0 Å². The number of fused-ring (bicyclic) bond motifs is 3. The zero-order chi connectivity index (χ0) is 24.0. The van der Waals surface area contributed by atoms with Crippen LogP contribution in [0.5, 0.6) is 0 Å². The van der Waals surface area contributed by atoms with E-state index in [0.717, 1.165) is 16.8 Å². The molecule has 0 aliphatic rings. The SMILES string of the molecule is N/C(=C\Cc1c(CN/N=C(\N)c2ccccc2)c2ccccc2c2ccccc12)c1ccccc1. The van der Waals surface area contributed by atoms with Gasteiger partial charge in [0.25, 0.3) is 0 Å². The molecular weight excluding hydrogens is 428 g/mol. The quantitative estimate of drug-likeness (QED) is 0.123. The van der Waals surface area contributed by atoms with Crippen LogP contribution in [0.4, 0.5) is 0 Å². The number of hydrogen-bond acceptors (Lipinski definition) is 3. The highest BCUT2D eigenvalue weighted by Crippen LogP contribution is 2.33. The summed E-state index contributed by atoms with van der Waals surface area (Å²) >= 11 is 0. The third-order valence-corrected chi connectivity index (χ3v) is 6.32. The first-order valence-corrected chi connectivity index (χ1v) is 11.8. The summed E-state index contributed by atoms with van der Waals surface area (Å²) in [5.41, 5.74) is 21.0. The van der Waals surface area contributed by atoms with Crippen molar-refractivity contribution in [3.05, 3.63) is 138 Å². The van der Waals surface area contributed by atoms with Gasteiger partial charge in [-0.25, -0.2) is 0 Å². The van der Waals surface area contributed by atoms with Crippen molar-refractivity contribution in [2.75, 3.05) is 0 Å². The summed E-state index contributed by atoms with van der Waals surface area (Å²) in [4.78, 5) is 0. The third-order valence-electron chi connectivity index (χ3n) is 6.32. The van der Waals surface area contributed by atoms with E-state index in [1.807, 2.05) is 60.7 Å². The van der Waals surface area contributed by atoms with Crippen LogP contribution in [0.15, 0.2) is 120 Å². The molecule has 0 saturated heterocycles. The number of amidine groups is 1. The minimum absolute atomic E-state index is 0.463. The number of allylic oxidation sites excluding steroid dienone is 1. The van der Waals surface area contributed by atoms with Crippen molar-refractivity contribution >= 4 is 33.1 Å². The van der Waals surface area contributed by atoms with Gasteiger partial charge in [0.2, 0.25) is 0 Å². The smallest absolute Gasteiger partial charge is 0.150 e. The Hall–Kier alpha value is -4.57. The van der Waals surface area contributed by atoms with E-state index in [1.54, 1.807) is 0 Å². The second-order valence-corrected chi connectivity index (χ2v) is 8.48. The van der Waals surface area contributed by atoms with Crippen LogP contribution < -0.4 is 16.9 Å². The summed E-state index contributed by atoms with van der Waals surface area (Å²) < 4.78 is 0. The molecule has 0 atom stereocenters. The molecule has 0 amide bonds. The molecule has 0 spiro atoms. The van der Waals surface area contributed by atoms with Crippen molar-refractivity contribution in [3.63, 3.8) is 0 Å². The minimum Gasteiger partial charge on any atom is -0.398 e. The Kier molecular flexibility index (Phi) is 6.44. The zero-order valence-corrected chi connectivity index (χ0v) is 19.5. The monoisotopic (exact) mass is 456 g/mol. The van der Waals surface area contributed by atoms with Crippen LogP contribution in [0.3, 0.4) is 0 Å². The average molecular weight is 457 g/mol. The Balaban J connectivity index is 1.58. The van der Waals surface area contributed by atoms with Gasteiger partial charge in [-0.2, -0.15) is 5.10 Å². The molecule has 5 rings (SSSR count). The number of rotatable bonds is 7. The standard InChI is InChI=1S/C31H28N4/c32-30(22-11-3-1-4-12-22)20-19-28-26-17-8-7-15-24(26)25-16-9-10-18-27(25)29(28)21-34-35-31(33)23-13-5-2-6-14-23/h1-18,20,34H,19,21,32H2,(H2,33,35)/b30-20-. The topological polar surface area (TPSA) is 76.4 Å². The van der Waals surface area contributed by atoms with Gasteiger partial charge in [0.05, 0.1) is 6.54 Å². The number of hydrogen-bond donors (Lipinski definition) is 3. The van der Waals surface area contributed by atoms with Crippen LogP contribution in [0.2, 0.25) is 0 Å². The van der Waals surface area contributed by atoms with E-state index in [9.17, 15) is 0 Å². The fraction of sp³-hybridized carbons (Fsp3) is 0.0645. The summed E-state index contributed by atoms with van der Waals surface area (Å²) in [6.07, 6.45) is 2.82. The summed E-state index contributed by atoms with van der Waals surface area (Å²) in [6, 6.07) is 37.0. The molecule has 172 valence electrons. The van der Waals surface area contributed by atoms with E-state index >= 15 is 0 Å². The third kappa shape index (κ3) is 4.73. The predicted molar refractivity (Wildman–Crippen MR) is 148 cm³/mol. The van der Waals surface area contributed by atoms with Gasteiger partial charge in [-0.15, -0.1) is 0 Å². The maximum Gasteiger partial charge on any atom is 0.150 e. The number of hydrazone groups is 1. The van der Waals surface area contributed by atoms with Crippen molar-refractivity contribution in [2.24, 2.45) is 16.6 Å². The number of benzene rings is 5. The van der Waals surface area contributed by atoms with Gasteiger partial charge in [0, 0.05) is 11.3 Å². The Morgan fingerprint density at radius 1 is 0.600 bits per heavy atom. The summed E-state index contributed by atoms with van der Waals surface area (Å²) in [7, 11) is 0. The average Bonchev–Trinajstić information content (AvgIpc) is 2.93. The molecule has 0 aromatic heterocycles. The molecule has 35 heavy (non-hydrogen) atoms. The molecule has 5 aromatic rings. The maximum atomic E-state index is 6.46. The highest BCUT2D eigenvalue weighted by atomic mass is 15.3. The van der Waals surface area contributed by atoms with Crippen LogP contribution in [0.1, 0.15) is 22.3 Å². The first kappa shape index (κ1) is 22.2. The molecule has 0 bridgehead atoms. The lowest BCUT2D eigenvalue weighted by Crippen LogP contribution is -2.19. The first-order valence-electron chi connectivity index (χ1n) is 11.8. The summed E-state index contributed by atoms with van der Waals surface area (Å²) in [6.45, 7) is 0.549. The van der Waals surface area contributed by atoms with E-state index in [1.165, 1.54) is 32.7 Å². The maximum absolute atomic E-state index is 6.46. The van der Waals surface area contributed by atoms with Crippen molar-refractivity contribution in [3.8, 4) is 0 Å². The minimum atomic E-state index is 0.463. The lowest BCUT2D eigenvalue weighted by atomic mass is 9.89. The highest BCUT2D eigenvalue weighted by Gasteiger charge is 2.13. The van der Waals surface area contributed by atoms with Crippen molar-refractivity contribution in [2.45, 2.75) is 13.0 Å². The molecule has 0 heterocycles. The fourth-order valence-corrected chi connectivity index (χ4v) is 4.56. The molecule has 5 aromatic carbocycles. The van der Waals surface area contributed by atoms with Crippen LogP contribution in [-0.4, -0.2) is 5.84 Å². The Bertz CT molecular complexity index is 1520. The Morgan fingerprint density at radius 2 is 1.09 bits per heavy atom. The second-order valence-electron chi connectivity index (χ2n) is 8.48. The molecule has 0 saturated carbocycles. The second kappa shape index (κ2) is 10.1. The van der Waals surface area contributed by atoms with Crippen LogP contribution >= 0.6 is 0 Å². The lowest BCUT2D eigenvalue weighted by molar-refractivity contribution is 0.743. The van der Waals surface area contributed by atoms with Gasteiger partial charge in [0.1, 0.15) is 0 Å². The predicted octanol–water partition coefficient (Wildman–Crippen LogP) is 5.95. The molecule has 5 N–H and O–H groups in total. The molecule has 4 nitrogen and oxygen atoms in total. The molecule has 4 heteroatoms. The van der Waals surface area contributed by atoms with E-state index in [4.69, 9.17) is 11.5 Å². The van der Waals surface area contributed by atoms with Gasteiger partial charge < -0.3 is 16.9 Å². The Morgan fingerprint density at radius 3 is 1.69 bits per heavy atom. The lowest BCUT2D eigenvalue weighted by Gasteiger charge is -2.17. The molecule has 0 aliphatic heterocycles. The largest absolute Gasteiger partial charge is 0.398 e. The normalized spacial score (nSPS) is 12.2. The fourth-order valence-electron chi connectivity index (χ4n) is 4.56. The van der Waals surface area contributed by atoms with Gasteiger partial charge in [-0.1, -0.05) is 115 Å². The van der Waals surface area contributed by atoms with E-state index < -0.39 is 0 Å². The number of nitrogens with zero attached hydrogens (tertiary/aromatic N) is 1. The first-order chi connectivity index (χ1) is 17.2. The molecule has 0 fully saturated rings. The molecular formula is C31H28N4. The van der Waals surface area contributed by atoms with Crippen LogP contribution in [0.25, 0.3) is 27.2 Å². The Labute approximate surface area is 205 Å². The number of nitrogens with one attached hydrogen (secondary N) is 1. The van der Waals surface area contributed by atoms with Crippen molar-refractivity contribution < 1.29 is 0 Å². The van der Waals surface area contributed by atoms with Crippen LogP contribution in [-0.2, 0) is 13.0 Å². The van der Waals surface area contributed by atoms with Crippen LogP contribution in [0, 0.1) is 0 Å². The van der Waals surface area contributed by atoms with Gasteiger partial charge in [-0.05, 0) is 44.7 Å². The van der Waals surface area contributed by atoms with Gasteiger partial charge >= 0.3 is 0 Å². The molecule has 0 radical (unpaired) electrons. The highest BCUT2D eigenvalue weighted by molar-refractivity contribution is 6.10. The van der Waals surface area contributed by atoms with Crippen molar-refractivity contribution in [1.82, 2.24) is 5.43 Å². The summed E-state index contributed by atoms with van der Waals surface area (Å²) in [5, 5.41) is 9.35. The zero-order valence-electron chi connectivity index (χ0n) is 19.5. The molecule has 0 unspecified atom stereocenters. The van der Waals surface area contributed by atoms with E-state index in [0.29, 0.717) is 18.8 Å². The van der Waals surface area contributed by atoms with E-state index in [-0.39, 0.29) is 0 Å². The number of nitrogens with two attached hydrogens (primary N) is 2. The summed E-state index contributed by atoms with van der Waals surface area (Å²) in [5.74, 6) is 0.463. The van der Waals surface area contributed by atoms with Gasteiger partial charge in [0.15, 0.2) is 5.84 Å². The van der Waals surface area contributed by atoms with Gasteiger partial charge in [-0.3, -0.25) is 0 Å².